The van der Waals surface area contributed by atoms with Gasteiger partial charge in [0.05, 0.1) is 5.92 Å². The van der Waals surface area contributed by atoms with Crippen molar-refractivity contribution in [3.8, 4) is 0 Å². The number of carbonyl (C=O) groups is 2. The first kappa shape index (κ1) is 13.0. The first-order valence-electron chi connectivity index (χ1n) is 5.95. The summed E-state index contributed by atoms with van der Waals surface area (Å²) in [5.41, 5.74) is 0. The molecule has 0 aromatic carbocycles. The summed E-state index contributed by atoms with van der Waals surface area (Å²) in [5, 5.41) is 8.95. The average molecular weight is 227 g/mol. The zero-order chi connectivity index (χ0) is 12.3. The standard InChI is InChI=1S/C12H21NO3/c1-8(2)9(3)11(14)13-6-4-5-10(7-13)12(15)16/h8-10H,4-7H2,1-3H3,(H,15,16)/t9?,10-/m0/s1. The summed E-state index contributed by atoms with van der Waals surface area (Å²) in [6.07, 6.45) is 1.49. The van der Waals surface area contributed by atoms with Gasteiger partial charge < -0.3 is 10.0 Å². The molecule has 92 valence electrons. The summed E-state index contributed by atoms with van der Waals surface area (Å²) in [7, 11) is 0. The van der Waals surface area contributed by atoms with Crippen LogP contribution in [0.5, 0.6) is 0 Å². The van der Waals surface area contributed by atoms with Crippen LogP contribution in [0.15, 0.2) is 0 Å². The van der Waals surface area contributed by atoms with Crippen LogP contribution in [-0.2, 0) is 9.59 Å². The smallest absolute Gasteiger partial charge is 0.308 e. The maximum absolute atomic E-state index is 12.0. The zero-order valence-electron chi connectivity index (χ0n) is 10.3. The minimum atomic E-state index is -0.783. The highest BCUT2D eigenvalue weighted by atomic mass is 16.4. The molecular formula is C12H21NO3. The van der Waals surface area contributed by atoms with Crippen LogP contribution in [0.25, 0.3) is 0 Å². The number of aliphatic carboxylic acids is 1. The van der Waals surface area contributed by atoms with Gasteiger partial charge in [-0.25, -0.2) is 0 Å². The Labute approximate surface area is 96.6 Å². The third-order valence-electron chi connectivity index (χ3n) is 3.47. The van der Waals surface area contributed by atoms with Gasteiger partial charge in [0.1, 0.15) is 0 Å². The first-order valence-corrected chi connectivity index (χ1v) is 5.95. The summed E-state index contributed by atoms with van der Waals surface area (Å²) in [6, 6.07) is 0. The number of carboxylic acid groups (broad SMARTS) is 1. The van der Waals surface area contributed by atoms with Gasteiger partial charge in [0, 0.05) is 19.0 Å². The predicted octanol–water partition coefficient (Wildman–Crippen LogP) is 1.60. The highest BCUT2D eigenvalue weighted by Gasteiger charge is 2.30. The van der Waals surface area contributed by atoms with Crippen molar-refractivity contribution in [2.75, 3.05) is 13.1 Å². The van der Waals surface area contributed by atoms with Crippen LogP contribution in [0.3, 0.4) is 0 Å². The summed E-state index contributed by atoms with van der Waals surface area (Å²) >= 11 is 0. The molecule has 2 atom stereocenters. The SMILES string of the molecule is CC(C)C(C)C(=O)N1CCC[C@H](C(=O)O)C1. The molecule has 0 bridgehead atoms. The Hall–Kier alpha value is -1.06. The number of amides is 1. The Kier molecular flexibility index (Phi) is 4.33. The van der Waals surface area contributed by atoms with E-state index in [0.29, 0.717) is 25.4 Å². The Balaban J connectivity index is 2.60. The van der Waals surface area contributed by atoms with Gasteiger partial charge in [0.25, 0.3) is 0 Å². The lowest BCUT2D eigenvalue weighted by molar-refractivity contribution is -0.147. The summed E-state index contributed by atoms with van der Waals surface area (Å²) in [5.74, 6) is -0.780. The van der Waals surface area contributed by atoms with Crippen LogP contribution in [0.4, 0.5) is 0 Å². The topological polar surface area (TPSA) is 57.6 Å². The molecule has 1 rings (SSSR count). The van der Waals surface area contributed by atoms with E-state index in [2.05, 4.69) is 0 Å². The second kappa shape index (κ2) is 5.32. The highest BCUT2D eigenvalue weighted by molar-refractivity contribution is 5.80. The summed E-state index contributed by atoms with van der Waals surface area (Å²) < 4.78 is 0. The number of hydrogen-bond acceptors (Lipinski definition) is 2. The fourth-order valence-corrected chi connectivity index (χ4v) is 1.95. The minimum Gasteiger partial charge on any atom is -0.481 e. The second-order valence-electron chi connectivity index (χ2n) is 4.99. The van der Waals surface area contributed by atoms with E-state index >= 15 is 0 Å². The van der Waals surface area contributed by atoms with Gasteiger partial charge in [-0.2, -0.15) is 0 Å². The Morgan fingerprint density at radius 2 is 1.94 bits per heavy atom. The highest BCUT2D eigenvalue weighted by Crippen LogP contribution is 2.21. The molecule has 1 aliphatic heterocycles. The van der Waals surface area contributed by atoms with Crippen molar-refractivity contribution in [2.24, 2.45) is 17.8 Å². The lowest BCUT2D eigenvalue weighted by atomic mass is 9.93. The van der Waals surface area contributed by atoms with Gasteiger partial charge in [-0.3, -0.25) is 9.59 Å². The van der Waals surface area contributed by atoms with Crippen LogP contribution in [0, 0.1) is 17.8 Å². The fraction of sp³-hybridized carbons (Fsp3) is 0.833. The number of carboxylic acids is 1. The van der Waals surface area contributed by atoms with E-state index < -0.39 is 5.97 Å². The molecule has 1 N–H and O–H groups in total. The first-order chi connectivity index (χ1) is 7.43. The second-order valence-corrected chi connectivity index (χ2v) is 4.99. The molecule has 0 saturated carbocycles. The third kappa shape index (κ3) is 2.97. The number of nitrogens with zero attached hydrogens (tertiary/aromatic N) is 1. The summed E-state index contributed by atoms with van der Waals surface area (Å²) in [4.78, 5) is 24.6. The van der Waals surface area contributed by atoms with Gasteiger partial charge in [-0.05, 0) is 18.8 Å². The van der Waals surface area contributed by atoms with Gasteiger partial charge in [0.15, 0.2) is 0 Å². The van der Waals surface area contributed by atoms with Gasteiger partial charge in [-0.1, -0.05) is 20.8 Å². The van der Waals surface area contributed by atoms with Crippen LogP contribution in [0.1, 0.15) is 33.6 Å². The van der Waals surface area contributed by atoms with Crippen LogP contribution in [-0.4, -0.2) is 35.0 Å². The van der Waals surface area contributed by atoms with Crippen LogP contribution < -0.4 is 0 Å². The third-order valence-corrected chi connectivity index (χ3v) is 3.47. The van der Waals surface area contributed by atoms with Crippen molar-refractivity contribution in [1.29, 1.82) is 0 Å². The lowest BCUT2D eigenvalue weighted by Crippen LogP contribution is -2.45. The molecule has 0 radical (unpaired) electrons. The van der Waals surface area contributed by atoms with Crippen molar-refractivity contribution >= 4 is 11.9 Å². The van der Waals surface area contributed by atoms with Gasteiger partial charge >= 0.3 is 5.97 Å². The van der Waals surface area contributed by atoms with Crippen molar-refractivity contribution in [3.05, 3.63) is 0 Å². The Morgan fingerprint density at radius 1 is 1.31 bits per heavy atom. The van der Waals surface area contributed by atoms with Crippen LogP contribution in [0.2, 0.25) is 0 Å². The van der Waals surface area contributed by atoms with Gasteiger partial charge in [-0.15, -0.1) is 0 Å². The molecule has 1 saturated heterocycles. The van der Waals surface area contributed by atoms with E-state index in [1.807, 2.05) is 20.8 Å². The van der Waals surface area contributed by atoms with Crippen molar-refractivity contribution in [1.82, 2.24) is 4.90 Å². The Morgan fingerprint density at radius 3 is 2.44 bits per heavy atom. The van der Waals surface area contributed by atoms with E-state index in [9.17, 15) is 9.59 Å². The molecule has 1 heterocycles. The molecule has 1 fully saturated rings. The average Bonchev–Trinajstić information content (AvgIpc) is 2.27. The number of likely N-dealkylation sites (tertiary alicyclic amines) is 1. The molecule has 16 heavy (non-hydrogen) atoms. The molecule has 1 aliphatic rings. The fourth-order valence-electron chi connectivity index (χ4n) is 1.95. The van der Waals surface area contributed by atoms with Crippen molar-refractivity contribution in [2.45, 2.75) is 33.6 Å². The molecule has 4 heteroatoms. The predicted molar refractivity (Wildman–Crippen MR) is 60.9 cm³/mol. The molecule has 1 amide bonds. The van der Waals surface area contributed by atoms with E-state index in [0.717, 1.165) is 6.42 Å². The van der Waals surface area contributed by atoms with Crippen molar-refractivity contribution < 1.29 is 14.7 Å². The monoisotopic (exact) mass is 227 g/mol. The number of hydrogen-bond donors (Lipinski definition) is 1. The molecule has 1 unspecified atom stereocenters. The largest absolute Gasteiger partial charge is 0.481 e. The molecule has 0 spiro atoms. The van der Waals surface area contributed by atoms with Crippen molar-refractivity contribution in [3.63, 3.8) is 0 Å². The molecule has 0 aromatic heterocycles. The molecular weight excluding hydrogens is 206 g/mol. The molecule has 4 nitrogen and oxygen atoms in total. The maximum Gasteiger partial charge on any atom is 0.308 e. The lowest BCUT2D eigenvalue weighted by Gasteiger charge is -2.33. The number of carbonyl (C=O) groups excluding carboxylic acids is 1. The number of piperidine rings is 1. The number of rotatable bonds is 3. The Bertz CT molecular complexity index is 275. The van der Waals surface area contributed by atoms with E-state index in [-0.39, 0.29) is 17.7 Å². The van der Waals surface area contributed by atoms with E-state index in [4.69, 9.17) is 5.11 Å². The minimum absolute atomic E-state index is 0.0208. The quantitative estimate of drug-likeness (QED) is 0.796. The van der Waals surface area contributed by atoms with E-state index in [1.165, 1.54) is 0 Å². The summed E-state index contributed by atoms with van der Waals surface area (Å²) in [6.45, 7) is 7.03. The molecule has 0 aromatic rings. The zero-order valence-corrected chi connectivity index (χ0v) is 10.3. The van der Waals surface area contributed by atoms with E-state index in [1.54, 1.807) is 4.90 Å². The van der Waals surface area contributed by atoms with Gasteiger partial charge in [0.2, 0.25) is 5.91 Å². The van der Waals surface area contributed by atoms with Crippen LogP contribution >= 0.6 is 0 Å². The maximum atomic E-state index is 12.0. The molecule has 0 aliphatic carbocycles. The normalized spacial score (nSPS) is 23.2.